The van der Waals surface area contributed by atoms with E-state index >= 15 is 0 Å². The van der Waals surface area contributed by atoms with Crippen molar-refractivity contribution in [1.82, 2.24) is 15.0 Å². The molecule has 3 rings (SSSR count). The fourth-order valence-corrected chi connectivity index (χ4v) is 2.34. The van der Waals surface area contributed by atoms with Crippen LogP contribution in [0.1, 0.15) is 19.4 Å². The van der Waals surface area contributed by atoms with Crippen LogP contribution in [0, 0.1) is 5.41 Å². The topological polar surface area (TPSA) is 83.9 Å². The molecule has 2 heterocycles. The third kappa shape index (κ3) is 3.01. The van der Waals surface area contributed by atoms with Crippen LogP contribution in [0.3, 0.4) is 0 Å². The summed E-state index contributed by atoms with van der Waals surface area (Å²) in [6, 6.07) is 7.40. The number of H-pyrrole nitrogens is 1. The zero-order valence-electron chi connectivity index (χ0n) is 13.3. The van der Waals surface area contributed by atoms with Gasteiger partial charge in [-0.2, -0.15) is 4.98 Å². The van der Waals surface area contributed by atoms with Gasteiger partial charge in [0.25, 0.3) is 0 Å². The summed E-state index contributed by atoms with van der Waals surface area (Å²) in [6.07, 6.45) is 3.48. The molecule has 0 amide bonds. The summed E-state index contributed by atoms with van der Waals surface area (Å²) < 4.78 is 10.6. The number of hydrogen-bond donors (Lipinski definition) is 2. The van der Waals surface area contributed by atoms with Crippen molar-refractivity contribution in [3.8, 4) is 17.3 Å². The molecule has 23 heavy (non-hydrogen) atoms. The Kier molecular flexibility index (Phi) is 3.97. The van der Waals surface area contributed by atoms with Crippen molar-refractivity contribution in [2.45, 2.75) is 20.0 Å². The molecule has 0 aliphatic carbocycles. The van der Waals surface area contributed by atoms with E-state index in [1.54, 1.807) is 19.4 Å². The fraction of sp³-hybridized carbons (Fsp3) is 0.235. The average molecular weight is 310 g/mol. The van der Waals surface area contributed by atoms with Crippen LogP contribution in [0.15, 0.2) is 36.7 Å². The van der Waals surface area contributed by atoms with Crippen molar-refractivity contribution in [2.24, 2.45) is 0 Å². The molecule has 0 saturated carbocycles. The van der Waals surface area contributed by atoms with Gasteiger partial charge in [-0.15, -0.1) is 0 Å². The minimum absolute atomic E-state index is 0.0365. The Bertz CT molecular complexity index is 855. The van der Waals surface area contributed by atoms with Crippen LogP contribution in [0.4, 0.5) is 0 Å². The van der Waals surface area contributed by atoms with Gasteiger partial charge in [0, 0.05) is 40.5 Å². The third-order valence-corrected chi connectivity index (χ3v) is 3.38. The number of aromatic nitrogens is 3. The maximum absolute atomic E-state index is 8.04. The molecule has 6 nitrogen and oxygen atoms in total. The Hall–Kier alpha value is -2.89. The maximum atomic E-state index is 8.04. The van der Waals surface area contributed by atoms with Crippen molar-refractivity contribution < 1.29 is 9.47 Å². The Morgan fingerprint density at radius 3 is 2.83 bits per heavy atom. The molecular weight excluding hydrogens is 292 g/mol. The number of fused-ring (bicyclic) bond motifs is 1. The van der Waals surface area contributed by atoms with E-state index in [0.717, 1.165) is 22.0 Å². The van der Waals surface area contributed by atoms with Gasteiger partial charge in [0.05, 0.1) is 13.2 Å². The van der Waals surface area contributed by atoms with Crippen LogP contribution in [0.5, 0.6) is 5.88 Å². The van der Waals surface area contributed by atoms with Gasteiger partial charge < -0.3 is 14.5 Å². The van der Waals surface area contributed by atoms with Gasteiger partial charge in [-0.25, -0.2) is 4.98 Å². The number of nitrogens with zero attached hydrogens (tertiary/aromatic N) is 2. The quantitative estimate of drug-likeness (QED) is 0.571. The molecule has 0 atom stereocenters. The molecule has 0 saturated heterocycles. The highest BCUT2D eigenvalue weighted by Gasteiger charge is 2.12. The summed E-state index contributed by atoms with van der Waals surface area (Å²) in [4.78, 5) is 11.9. The first-order chi connectivity index (χ1) is 11.1. The van der Waals surface area contributed by atoms with Crippen molar-refractivity contribution >= 4 is 16.8 Å². The maximum Gasteiger partial charge on any atom is 0.216 e. The minimum atomic E-state index is -0.0365. The number of ether oxygens (including phenoxy) is 2. The summed E-state index contributed by atoms with van der Waals surface area (Å²) in [5.74, 6) is 1.24. The van der Waals surface area contributed by atoms with Gasteiger partial charge >= 0.3 is 0 Å². The third-order valence-electron chi connectivity index (χ3n) is 3.38. The first-order valence-corrected chi connectivity index (χ1v) is 7.32. The Balaban J connectivity index is 2.06. The van der Waals surface area contributed by atoms with Crippen LogP contribution in [-0.2, 0) is 4.74 Å². The van der Waals surface area contributed by atoms with E-state index in [2.05, 4.69) is 15.0 Å². The summed E-state index contributed by atoms with van der Waals surface area (Å²) >= 11 is 0. The predicted molar refractivity (Wildman–Crippen MR) is 88.9 cm³/mol. The van der Waals surface area contributed by atoms with Crippen LogP contribution in [0.2, 0.25) is 0 Å². The summed E-state index contributed by atoms with van der Waals surface area (Å²) in [6.45, 7) is 3.80. The number of rotatable bonds is 4. The molecule has 0 fully saturated rings. The van der Waals surface area contributed by atoms with Gasteiger partial charge in [0.1, 0.15) is 0 Å². The molecule has 0 aliphatic heterocycles. The normalized spacial score (nSPS) is 11.0. The first kappa shape index (κ1) is 15.0. The number of benzene rings is 1. The zero-order valence-corrected chi connectivity index (χ0v) is 13.3. The van der Waals surface area contributed by atoms with E-state index in [9.17, 15) is 0 Å². The van der Waals surface area contributed by atoms with Crippen molar-refractivity contribution in [2.75, 3.05) is 7.11 Å². The molecule has 0 spiro atoms. The summed E-state index contributed by atoms with van der Waals surface area (Å²) in [7, 11) is 1.57. The number of hydrogen-bond acceptors (Lipinski definition) is 5. The first-order valence-electron chi connectivity index (χ1n) is 7.32. The predicted octanol–water partition coefficient (Wildman–Crippen LogP) is 3.38. The van der Waals surface area contributed by atoms with Crippen LogP contribution >= 0.6 is 0 Å². The molecule has 2 aromatic heterocycles. The highest BCUT2D eigenvalue weighted by Crippen LogP contribution is 2.28. The second-order valence-electron chi connectivity index (χ2n) is 5.38. The molecule has 0 bridgehead atoms. The molecular formula is C17H18N4O2. The van der Waals surface area contributed by atoms with E-state index in [-0.39, 0.29) is 12.0 Å². The number of methoxy groups -OCH3 is 1. The van der Waals surface area contributed by atoms with E-state index in [4.69, 9.17) is 14.9 Å². The Morgan fingerprint density at radius 2 is 2.09 bits per heavy atom. The lowest BCUT2D eigenvalue weighted by Gasteiger charge is -2.10. The van der Waals surface area contributed by atoms with Crippen molar-refractivity contribution in [1.29, 1.82) is 5.41 Å². The zero-order chi connectivity index (χ0) is 16.4. The van der Waals surface area contributed by atoms with Crippen LogP contribution < -0.4 is 4.74 Å². The van der Waals surface area contributed by atoms with E-state index in [1.165, 1.54) is 0 Å². The summed E-state index contributed by atoms with van der Waals surface area (Å²) in [5, 5.41) is 8.98. The minimum Gasteiger partial charge on any atom is -0.481 e. The Morgan fingerprint density at radius 1 is 1.26 bits per heavy atom. The van der Waals surface area contributed by atoms with E-state index < -0.39 is 0 Å². The van der Waals surface area contributed by atoms with Crippen molar-refractivity contribution in [3.05, 3.63) is 42.2 Å². The van der Waals surface area contributed by atoms with Crippen molar-refractivity contribution in [3.63, 3.8) is 0 Å². The largest absolute Gasteiger partial charge is 0.481 e. The SMILES string of the molecule is COc1ccnc(-c2c[nH]c3ccc(C(=N)OC(C)C)cc23)n1. The lowest BCUT2D eigenvalue weighted by molar-refractivity contribution is 0.227. The molecule has 0 unspecified atom stereocenters. The van der Waals surface area contributed by atoms with Gasteiger partial charge in [-0.3, -0.25) is 5.41 Å². The van der Waals surface area contributed by atoms with E-state index in [1.807, 2.05) is 38.2 Å². The second-order valence-corrected chi connectivity index (χ2v) is 5.38. The monoisotopic (exact) mass is 310 g/mol. The highest BCUT2D eigenvalue weighted by molar-refractivity contribution is 6.00. The van der Waals surface area contributed by atoms with Gasteiger partial charge in [-0.05, 0) is 32.0 Å². The fourth-order valence-electron chi connectivity index (χ4n) is 2.34. The molecule has 2 N–H and O–H groups in total. The van der Waals surface area contributed by atoms with Gasteiger partial charge in [0.15, 0.2) is 5.82 Å². The second kappa shape index (κ2) is 6.08. The lowest BCUT2D eigenvalue weighted by atomic mass is 10.1. The standard InChI is InChI=1S/C17H18N4O2/c1-10(2)23-16(18)11-4-5-14-12(8-11)13(9-20-14)17-19-7-6-15(21-17)22-3/h4-10,18,20H,1-3H3. The molecule has 6 heteroatoms. The lowest BCUT2D eigenvalue weighted by Crippen LogP contribution is -2.11. The highest BCUT2D eigenvalue weighted by atomic mass is 16.5. The van der Waals surface area contributed by atoms with Crippen LogP contribution in [-0.4, -0.2) is 34.1 Å². The smallest absolute Gasteiger partial charge is 0.216 e. The molecule has 118 valence electrons. The average Bonchev–Trinajstić information content (AvgIpc) is 2.97. The Labute approximate surface area is 134 Å². The van der Waals surface area contributed by atoms with E-state index in [0.29, 0.717) is 11.7 Å². The van der Waals surface area contributed by atoms with Gasteiger partial charge in [-0.1, -0.05) is 0 Å². The summed E-state index contributed by atoms with van der Waals surface area (Å²) in [5.41, 5.74) is 2.53. The number of aromatic amines is 1. The molecule has 0 aliphatic rings. The number of nitrogens with one attached hydrogen (secondary N) is 2. The molecule has 1 aromatic carbocycles. The van der Waals surface area contributed by atoms with Crippen LogP contribution in [0.25, 0.3) is 22.3 Å². The van der Waals surface area contributed by atoms with Gasteiger partial charge in [0.2, 0.25) is 11.8 Å². The molecule has 3 aromatic rings. The molecule has 0 radical (unpaired) electrons.